The number of hydrogen-bond donors (Lipinski definition) is 1. The van der Waals surface area contributed by atoms with E-state index in [2.05, 4.69) is 9.97 Å². The zero-order valence-corrected chi connectivity index (χ0v) is 17.5. The lowest BCUT2D eigenvalue weighted by Gasteiger charge is -2.29. The van der Waals surface area contributed by atoms with E-state index in [1.54, 1.807) is 43.7 Å². The van der Waals surface area contributed by atoms with Crippen LogP contribution in [0, 0.1) is 6.92 Å². The zero-order valence-electron chi connectivity index (χ0n) is 17.5. The van der Waals surface area contributed by atoms with Crippen LogP contribution in [0.25, 0.3) is 10.9 Å². The van der Waals surface area contributed by atoms with Crippen molar-refractivity contribution >= 4 is 28.1 Å². The summed E-state index contributed by atoms with van der Waals surface area (Å²) in [6.45, 7) is 9.97. The molecule has 0 fully saturated rings. The lowest BCUT2D eigenvalue weighted by molar-refractivity contribution is 0.170. The molecule has 7 nitrogen and oxygen atoms in total. The first kappa shape index (κ1) is 21.2. The first-order valence-corrected chi connectivity index (χ1v) is 9.41. The summed E-state index contributed by atoms with van der Waals surface area (Å²) in [5.41, 5.74) is 3.37. The van der Waals surface area contributed by atoms with E-state index in [-0.39, 0.29) is 5.75 Å². The molecule has 0 atom stereocenters. The Morgan fingerprint density at radius 2 is 1.61 bits per heavy atom. The zero-order chi connectivity index (χ0) is 20.8. The highest BCUT2D eigenvalue weighted by Crippen LogP contribution is 2.48. The maximum Gasteiger partial charge on any atom is 0.167 e. The van der Waals surface area contributed by atoms with Crippen LogP contribution in [-0.4, -0.2) is 29.3 Å². The van der Waals surface area contributed by atoms with Gasteiger partial charge in [-0.15, -0.1) is 0 Å². The minimum absolute atomic E-state index is 0.199. The number of aromatic nitrogens is 2. The molecule has 4 rings (SSSR count). The summed E-state index contributed by atoms with van der Waals surface area (Å²) in [5, 5.41) is 14.0. The maximum atomic E-state index is 9.56. The van der Waals surface area contributed by atoms with E-state index >= 15 is 0 Å². The molecule has 0 bridgehead atoms. The van der Waals surface area contributed by atoms with Gasteiger partial charge in [-0.05, 0) is 31.2 Å². The van der Waals surface area contributed by atoms with Crippen molar-refractivity contribution in [2.45, 2.75) is 34.6 Å². The molecule has 0 amide bonds. The van der Waals surface area contributed by atoms with Gasteiger partial charge in [-0.25, -0.2) is 15.0 Å². The molecule has 1 aromatic heterocycles. The van der Waals surface area contributed by atoms with Crippen LogP contribution in [0.3, 0.4) is 0 Å². The second-order valence-corrected chi connectivity index (χ2v) is 5.43. The molecule has 0 saturated carbocycles. The Hall–Kier alpha value is -3.06. The maximum absolute atomic E-state index is 9.56. The summed E-state index contributed by atoms with van der Waals surface area (Å²) in [6, 6.07) is 8.74. The SMILES string of the molecule is CC.CC.COc1cc2ncnc3c2c(c1C)N(OC)N3c1ccc(O)cc1. The van der Waals surface area contributed by atoms with Gasteiger partial charge < -0.3 is 9.84 Å². The largest absolute Gasteiger partial charge is 0.508 e. The quantitative estimate of drug-likeness (QED) is 0.670. The summed E-state index contributed by atoms with van der Waals surface area (Å²) in [5.74, 6) is 1.65. The van der Waals surface area contributed by atoms with Gasteiger partial charge in [0.15, 0.2) is 5.82 Å². The lowest BCUT2D eigenvalue weighted by atomic mass is 10.1. The Labute approximate surface area is 166 Å². The molecule has 0 radical (unpaired) electrons. The number of anilines is 3. The molecular weight excluding hydrogens is 356 g/mol. The molecule has 1 aliphatic rings. The molecule has 0 unspecified atom stereocenters. The van der Waals surface area contributed by atoms with Gasteiger partial charge >= 0.3 is 0 Å². The fraction of sp³-hybridized carbons (Fsp3) is 0.333. The van der Waals surface area contributed by atoms with Gasteiger partial charge in [0.2, 0.25) is 0 Å². The van der Waals surface area contributed by atoms with E-state index < -0.39 is 0 Å². The third-order valence-electron chi connectivity index (χ3n) is 4.15. The van der Waals surface area contributed by atoms with E-state index in [0.717, 1.165) is 33.6 Å². The van der Waals surface area contributed by atoms with Gasteiger partial charge in [0, 0.05) is 11.6 Å². The Kier molecular flexibility index (Phi) is 7.00. The van der Waals surface area contributed by atoms with Crippen LogP contribution < -0.4 is 14.9 Å². The van der Waals surface area contributed by atoms with Gasteiger partial charge in [0.1, 0.15) is 23.5 Å². The summed E-state index contributed by atoms with van der Waals surface area (Å²) < 4.78 is 5.47. The standard InChI is InChI=1S/C17H16N4O3.2C2H6/c1-10-14(23-2)8-13-15-16(10)21(24-3)20(17(15)19-9-18-13)11-4-6-12(22)7-5-11;2*1-2/h4-9,22H,1-3H3;2*1-2H3. The van der Waals surface area contributed by atoms with Gasteiger partial charge in [-0.3, -0.25) is 4.84 Å². The molecule has 28 heavy (non-hydrogen) atoms. The number of methoxy groups -OCH3 is 1. The van der Waals surface area contributed by atoms with Crippen LogP contribution in [0.15, 0.2) is 36.7 Å². The van der Waals surface area contributed by atoms with E-state index in [1.807, 2.05) is 45.7 Å². The van der Waals surface area contributed by atoms with Crippen molar-refractivity contribution in [3.63, 3.8) is 0 Å². The number of nitrogens with zero attached hydrogens (tertiary/aromatic N) is 4. The molecule has 150 valence electrons. The number of phenols is 1. The molecular formula is C21H28N4O3. The summed E-state index contributed by atoms with van der Waals surface area (Å²) in [7, 11) is 3.23. The minimum Gasteiger partial charge on any atom is -0.508 e. The van der Waals surface area contributed by atoms with E-state index in [1.165, 1.54) is 6.33 Å². The Balaban J connectivity index is 0.000000660. The van der Waals surface area contributed by atoms with Crippen LogP contribution in [0.1, 0.15) is 33.3 Å². The number of ether oxygens (including phenoxy) is 1. The number of phenolic OH excluding ortho intramolecular Hbond substituents is 1. The van der Waals surface area contributed by atoms with E-state index in [0.29, 0.717) is 5.82 Å². The van der Waals surface area contributed by atoms with Gasteiger partial charge in [0.05, 0.1) is 30.8 Å². The number of hydrazine groups is 1. The summed E-state index contributed by atoms with van der Waals surface area (Å²) in [6.07, 6.45) is 1.52. The lowest BCUT2D eigenvalue weighted by Crippen LogP contribution is -2.36. The van der Waals surface area contributed by atoms with Crippen molar-refractivity contribution in [1.29, 1.82) is 0 Å². The predicted molar refractivity (Wildman–Crippen MR) is 113 cm³/mol. The van der Waals surface area contributed by atoms with Gasteiger partial charge in [-0.2, -0.15) is 5.17 Å². The second-order valence-electron chi connectivity index (χ2n) is 5.43. The van der Waals surface area contributed by atoms with Crippen molar-refractivity contribution < 1.29 is 14.7 Å². The van der Waals surface area contributed by atoms with Gasteiger partial charge in [0.25, 0.3) is 0 Å². The molecule has 3 aromatic rings. The first-order chi connectivity index (χ1) is 13.7. The van der Waals surface area contributed by atoms with Crippen molar-refractivity contribution in [1.82, 2.24) is 9.97 Å². The van der Waals surface area contributed by atoms with Crippen LogP contribution in [0.2, 0.25) is 0 Å². The van der Waals surface area contributed by atoms with Crippen molar-refractivity contribution in [2.75, 3.05) is 24.4 Å². The minimum atomic E-state index is 0.199. The average molecular weight is 384 g/mol. The number of benzene rings is 2. The fourth-order valence-electron chi connectivity index (χ4n) is 3.05. The molecule has 7 heteroatoms. The van der Waals surface area contributed by atoms with E-state index in [9.17, 15) is 5.11 Å². The molecule has 1 aliphatic heterocycles. The number of aromatic hydroxyl groups is 1. The second kappa shape index (κ2) is 9.23. The highest BCUT2D eigenvalue weighted by Gasteiger charge is 2.35. The van der Waals surface area contributed by atoms with Crippen LogP contribution in [-0.2, 0) is 4.84 Å². The summed E-state index contributed by atoms with van der Waals surface area (Å²) in [4.78, 5) is 14.4. The fourth-order valence-corrected chi connectivity index (χ4v) is 3.05. The summed E-state index contributed by atoms with van der Waals surface area (Å²) >= 11 is 0. The van der Waals surface area contributed by atoms with Crippen molar-refractivity contribution in [3.8, 4) is 11.5 Å². The van der Waals surface area contributed by atoms with Gasteiger partial charge in [-0.1, -0.05) is 27.7 Å². The van der Waals surface area contributed by atoms with Crippen LogP contribution >= 0.6 is 0 Å². The van der Waals surface area contributed by atoms with Crippen LogP contribution in [0.5, 0.6) is 11.5 Å². The molecule has 2 aromatic carbocycles. The molecule has 0 spiro atoms. The van der Waals surface area contributed by atoms with E-state index in [4.69, 9.17) is 9.57 Å². The molecule has 1 N–H and O–H groups in total. The van der Waals surface area contributed by atoms with Crippen LogP contribution in [0.4, 0.5) is 17.2 Å². The molecule has 0 aliphatic carbocycles. The third kappa shape index (κ3) is 3.41. The predicted octanol–water partition coefficient (Wildman–Crippen LogP) is 5.14. The normalized spacial score (nSPS) is 11.5. The number of rotatable bonds is 3. The Bertz CT molecular complexity index is 929. The molecule has 0 saturated heterocycles. The third-order valence-corrected chi connectivity index (χ3v) is 4.15. The van der Waals surface area contributed by atoms with Crippen molar-refractivity contribution in [2.24, 2.45) is 0 Å². The van der Waals surface area contributed by atoms with Crippen molar-refractivity contribution in [3.05, 3.63) is 42.2 Å². The number of hydrogen-bond acceptors (Lipinski definition) is 7. The first-order valence-electron chi connectivity index (χ1n) is 9.41. The highest BCUT2D eigenvalue weighted by molar-refractivity contribution is 6.08. The topological polar surface area (TPSA) is 71.0 Å². The Morgan fingerprint density at radius 3 is 2.18 bits per heavy atom. The Morgan fingerprint density at radius 1 is 0.964 bits per heavy atom. The average Bonchev–Trinajstić information content (AvgIpc) is 3.10. The smallest absolute Gasteiger partial charge is 0.167 e. The highest BCUT2D eigenvalue weighted by atomic mass is 16.7. The monoisotopic (exact) mass is 384 g/mol. The molecule has 2 heterocycles.